The number of amides is 1. The Balaban J connectivity index is 1.11. The van der Waals surface area contributed by atoms with E-state index in [0.29, 0.717) is 44.5 Å². The highest BCUT2D eigenvalue weighted by Gasteiger charge is 2.38. The smallest absolute Gasteiger partial charge is 0.453 e. The third kappa shape index (κ3) is 5.69. The molecule has 0 bridgehead atoms. The summed E-state index contributed by atoms with van der Waals surface area (Å²) in [6, 6.07) is 11.6. The molecule has 38 heavy (non-hydrogen) atoms. The molecule has 1 aromatic carbocycles. The minimum Gasteiger partial charge on any atom is -0.492 e. The lowest BCUT2D eigenvalue weighted by Crippen LogP contribution is -2.53. The van der Waals surface area contributed by atoms with E-state index in [2.05, 4.69) is 32.3 Å². The minimum atomic E-state index is -4.62. The van der Waals surface area contributed by atoms with E-state index in [-0.39, 0.29) is 17.6 Å². The zero-order valence-corrected chi connectivity index (χ0v) is 21.6. The topological polar surface area (TPSA) is 79.1 Å². The number of aromatic nitrogens is 4. The van der Waals surface area contributed by atoms with Crippen LogP contribution >= 0.6 is 0 Å². The van der Waals surface area contributed by atoms with E-state index in [1.807, 2.05) is 35.8 Å². The lowest BCUT2D eigenvalue weighted by atomic mass is 9.89. The SMILES string of the molecule is CC(C)N1CCN(CCOc2ccc(C3CCN(c4ccc5nnc(C(F)(F)F)n5n4)CC3)cc2)CC1=O. The summed E-state index contributed by atoms with van der Waals surface area (Å²) in [5.74, 6) is 0.687. The van der Waals surface area contributed by atoms with Gasteiger partial charge in [-0.15, -0.1) is 15.3 Å². The number of carbonyl (C=O) groups excluding carboxylic acids is 1. The molecule has 0 N–H and O–H groups in total. The summed E-state index contributed by atoms with van der Waals surface area (Å²) in [5.41, 5.74) is 1.29. The number of rotatable bonds is 7. The normalized spacial score (nSPS) is 18.1. The molecule has 12 heteroatoms. The maximum absolute atomic E-state index is 13.2. The van der Waals surface area contributed by atoms with Crippen LogP contribution in [0.5, 0.6) is 5.75 Å². The summed E-state index contributed by atoms with van der Waals surface area (Å²) in [6.45, 7) is 8.73. The Morgan fingerprint density at radius 1 is 1.00 bits per heavy atom. The van der Waals surface area contributed by atoms with Gasteiger partial charge in [0.25, 0.3) is 5.82 Å². The van der Waals surface area contributed by atoms with Crippen LogP contribution in [0.1, 0.15) is 44.0 Å². The van der Waals surface area contributed by atoms with Crippen LogP contribution in [0.3, 0.4) is 0 Å². The van der Waals surface area contributed by atoms with E-state index < -0.39 is 12.0 Å². The Bertz CT molecular complexity index is 1250. The van der Waals surface area contributed by atoms with Gasteiger partial charge in [-0.2, -0.15) is 17.7 Å². The van der Waals surface area contributed by atoms with E-state index in [0.717, 1.165) is 36.2 Å². The van der Waals surface area contributed by atoms with Crippen molar-refractivity contribution in [2.75, 3.05) is 50.8 Å². The average molecular weight is 532 g/mol. The lowest BCUT2D eigenvalue weighted by molar-refractivity contribution is -0.146. The number of alkyl halides is 3. The first kappa shape index (κ1) is 26.2. The second kappa shape index (κ2) is 10.8. The fourth-order valence-electron chi connectivity index (χ4n) is 5.17. The van der Waals surface area contributed by atoms with Crippen molar-refractivity contribution in [1.82, 2.24) is 29.6 Å². The van der Waals surface area contributed by atoms with Crippen LogP contribution in [-0.4, -0.2) is 87.4 Å². The van der Waals surface area contributed by atoms with Gasteiger partial charge in [-0.05, 0) is 62.4 Å². The standard InChI is InChI=1S/C26H32F3N7O2/c1-18(2)35-14-13-33(17-24(35)37)15-16-38-21-5-3-19(4-6-21)20-9-11-34(12-10-20)23-8-7-22-30-31-25(26(27,28)29)36(22)32-23/h3-8,18,20H,9-17H2,1-2H3. The van der Waals surface area contributed by atoms with Crippen molar-refractivity contribution < 1.29 is 22.7 Å². The van der Waals surface area contributed by atoms with Crippen molar-refractivity contribution in [2.45, 2.75) is 44.8 Å². The zero-order valence-electron chi connectivity index (χ0n) is 21.6. The van der Waals surface area contributed by atoms with Gasteiger partial charge in [-0.3, -0.25) is 9.69 Å². The molecule has 3 aromatic rings. The molecule has 0 radical (unpaired) electrons. The molecule has 2 fully saturated rings. The molecule has 204 valence electrons. The molecular weight excluding hydrogens is 499 g/mol. The van der Waals surface area contributed by atoms with Gasteiger partial charge in [-0.1, -0.05) is 12.1 Å². The highest BCUT2D eigenvalue weighted by Crippen LogP contribution is 2.32. The third-order valence-corrected chi connectivity index (χ3v) is 7.31. The van der Waals surface area contributed by atoms with Crippen molar-refractivity contribution >= 4 is 17.4 Å². The van der Waals surface area contributed by atoms with Gasteiger partial charge in [0.05, 0.1) is 6.54 Å². The fraction of sp³-hybridized carbons (Fsp3) is 0.538. The van der Waals surface area contributed by atoms with Crippen molar-refractivity contribution in [3.05, 3.63) is 47.8 Å². The van der Waals surface area contributed by atoms with Gasteiger partial charge in [-0.25, -0.2) is 0 Å². The molecular formula is C26H32F3N7O2. The van der Waals surface area contributed by atoms with Crippen molar-refractivity contribution in [3.63, 3.8) is 0 Å². The molecule has 0 atom stereocenters. The van der Waals surface area contributed by atoms with Crippen molar-refractivity contribution in [1.29, 1.82) is 0 Å². The van der Waals surface area contributed by atoms with Crippen LogP contribution in [0, 0.1) is 0 Å². The number of piperidine rings is 1. The Labute approximate surface area is 219 Å². The average Bonchev–Trinajstić information content (AvgIpc) is 3.33. The zero-order chi connectivity index (χ0) is 26.9. The summed E-state index contributed by atoms with van der Waals surface area (Å²) in [6.07, 6.45) is -2.88. The van der Waals surface area contributed by atoms with E-state index in [9.17, 15) is 18.0 Å². The Hall–Kier alpha value is -3.41. The highest BCUT2D eigenvalue weighted by atomic mass is 19.4. The number of hydrogen-bond acceptors (Lipinski definition) is 7. The van der Waals surface area contributed by atoms with Gasteiger partial charge in [0, 0.05) is 38.8 Å². The molecule has 0 aliphatic carbocycles. The minimum absolute atomic E-state index is 0.0699. The Kier molecular flexibility index (Phi) is 7.42. The second-order valence-electron chi connectivity index (χ2n) is 10.1. The summed E-state index contributed by atoms with van der Waals surface area (Å²) >= 11 is 0. The number of halogens is 3. The first-order valence-electron chi connectivity index (χ1n) is 13.0. The van der Waals surface area contributed by atoms with E-state index in [1.54, 1.807) is 6.07 Å². The van der Waals surface area contributed by atoms with Crippen molar-refractivity contribution in [2.24, 2.45) is 0 Å². The summed E-state index contributed by atoms with van der Waals surface area (Å²) in [5, 5.41) is 11.0. The predicted octanol–water partition coefficient (Wildman–Crippen LogP) is 3.46. The molecule has 1 amide bonds. The Morgan fingerprint density at radius 2 is 1.74 bits per heavy atom. The van der Waals surface area contributed by atoms with Gasteiger partial charge >= 0.3 is 6.18 Å². The van der Waals surface area contributed by atoms with E-state index in [4.69, 9.17) is 4.74 Å². The first-order valence-corrected chi connectivity index (χ1v) is 13.0. The monoisotopic (exact) mass is 531 g/mol. The number of carbonyl (C=O) groups is 1. The number of piperazine rings is 1. The van der Waals surface area contributed by atoms with Crippen LogP contribution in [0.2, 0.25) is 0 Å². The number of benzene rings is 1. The molecule has 2 aliphatic rings. The molecule has 0 saturated carbocycles. The Morgan fingerprint density at radius 3 is 2.39 bits per heavy atom. The van der Waals surface area contributed by atoms with E-state index >= 15 is 0 Å². The fourth-order valence-corrected chi connectivity index (χ4v) is 5.17. The maximum atomic E-state index is 13.2. The molecule has 2 saturated heterocycles. The summed E-state index contributed by atoms with van der Waals surface area (Å²) in [7, 11) is 0. The molecule has 2 aromatic heterocycles. The van der Waals surface area contributed by atoms with Gasteiger partial charge < -0.3 is 14.5 Å². The number of ether oxygens (including phenoxy) is 1. The number of nitrogens with zero attached hydrogens (tertiary/aromatic N) is 7. The molecule has 0 unspecified atom stereocenters. The lowest BCUT2D eigenvalue weighted by Gasteiger charge is -2.36. The van der Waals surface area contributed by atoms with Gasteiger partial charge in [0.1, 0.15) is 18.2 Å². The highest BCUT2D eigenvalue weighted by molar-refractivity contribution is 5.79. The number of anilines is 1. The van der Waals surface area contributed by atoms with E-state index in [1.165, 1.54) is 11.6 Å². The molecule has 4 heterocycles. The van der Waals surface area contributed by atoms with Gasteiger partial charge in [0.2, 0.25) is 5.91 Å². The first-order chi connectivity index (χ1) is 18.2. The van der Waals surface area contributed by atoms with Gasteiger partial charge in [0.15, 0.2) is 5.65 Å². The number of hydrogen-bond donors (Lipinski definition) is 0. The van der Waals surface area contributed by atoms with Crippen LogP contribution in [0.4, 0.5) is 19.0 Å². The summed E-state index contributed by atoms with van der Waals surface area (Å²) < 4.78 is 46.3. The molecule has 9 nitrogen and oxygen atoms in total. The summed E-state index contributed by atoms with van der Waals surface area (Å²) in [4.78, 5) is 18.3. The van der Waals surface area contributed by atoms with Crippen LogP contribution in [0.25, 0.3) is 5.65 Å². The second-order valence-corrected chi connectivity index (χ2v) is 10.1. The molecule has 2 aliphatic heterocycles. The van der Waals surface area contributed by atoms with Crippen molar-refractivity contribution in [3.8, 4) is 5.75 Å². The molecule has 0 spiro atoms. The third-order valence-electron chi connectivity index (χ3n) is 7.31. The van der Waals surface area contributed by atoms with Crippen LogP contribution < -0.4 is 9.64 Å². The quantitative estimate of drug-likeness (QED) is 0.462. The van der Waals surface area contributed by atoms with Crippen LogP contribution in [-0.2, 0) is 11.0 Å². The maximum Gasteiger partial charge on any atom is 0.453 e. The largest absolute Gasteiger partial charge is 0.492 e. The molecule has 5 rings (SSSR count). The predicted molar refractivity (Wildman–Crippen MR) is 135 cm³/mol. The number of fused-ring (bicyclic) bond motifs is 1. The van der Waals surface area contributed by atoms with Crippen LogP contribution in [0.15, 0.2) is 36.4 Å².